The molecule has 2 radical (unpaired) electrons. The van der Waals surface area contributed by atoms with E-state index in [1.165, 1.54) is 11.3 Å². The molecule has 1 heterocycles. The number of hydrogen-bond acceptors (Lipinski definition) is 0. The molecule has 28 heavy (non-hydrogen) atoms. The quantitative estimate of drug-likeness (QED) is 0.265. The van der Waals surface area contributed by atoms with E-state index >= 15 is 0 Å². The van der Waals surface area contributed by atoms with Gasteiger partial charge >= 0.3 is 0 Å². The molecular weight excluding hydrogens is 480 g/mol. The molecule has 1 aromatic carbocycles. The summed E-state index contributed by atoms with van der Waals surface area (Å²) in [7, 11) is 1.08. The minimum atomic E-state index is 0. The smallest absolute Gasteiger partial charge is 0.0307 e. The first-order chi connectivity index (χ1) is 10.1. The molecule has 1 nitrogen and oxygen atoms in total. The summed E-state index contributed by atoms with van der Waals surface area (Å²) in [5.74, 6) is 1.42. The van der Waals surface area contributed by atoms with Crippen LogP contribution in [0.2, 0.25) is 13.1 Å². The number of benzene rings is 1. The van der Waals surface area contributed by atoms with Crippen molar-refractivity contribution in [2.75, 3.05) is 0 Å². The monoisotopic (exact) mass is 518 g/mol. The van der Waals surface area contributed by atoms with Gasteiger partial charge in [-0.3, -0.25) is 6.08 Å². The van der Waals surface area contributed by atoms with Crippen molar-refractivity contribution in [1.82, 2.24) is 4.98 Å². The van der Waals surface area contributed by atoms with Crippen LogP contribution in [-0.2, 0) is 26.2 Å². The predicted molar refractivity (Wildman–Crippen MR) is 137 cm³/mol. The van der Waals surface area contributed by atoms with Gasteiger partial charge in [0.25, 0.3) is 0 Å². The Bertz CT molecular complexity index is 483. The van der Waals surface area contributed by atoms with E-state index in [0.717, 1.165) is 21.5 Å². The number of halogens is 2. The summed E-state index contributed by atoms with van der Waals surface area (Å²) in [5, 5.41) is 1.22. The van der Waals surface area contributed by atoms with Gasteiger partial charge in [-0.2, -0.15) is 38.3 Å². The summed E-state index contributed by atoms with van der Waals surface area (Å²) in [6.07, 6.45) is 12.9. The molecule has 0 unspecified atom stereocenters. The number of allylic oxidation sites excluding steroid dienone is 4. The molecule has 0 atom stereocenters. The molecule has 1 aliphatic carbocycles. The van der Waals surface area contributed by atoms with Crippen molar-refractivity contribution < 1.29 is 26.2 Å². The molecule has 0 saturated heterocycles. The Kier molecular flexibility index (Phi) is 68.5. The minimum absolute atomic E-state index is 0. The van der Waals surface area contributed by atoms with Crippen molar-refractivity contribution in [3.05, 3.63) is 96.5 Å². The van der Waals surface area contributed by atoms with Crippen LogP contribution in [0.3, 0.4) is 0 Å². The average molecular weight is 521 g/mol. The van der Waals surface area contributed by atoms with E-state index in [4.69, 9.17) is 0 Å². The van der Waals surface area contributed by atoms with Crippen LogP contribution in [0.25, 0.3) is 10.9 Å². The molecule has 0 bridgehead atoms. The van der Waals surface area contributed by atoms with Crippen LogP contribution in [0.4, 0.5) is 0 Å². The first-order valence-corrected chi connectivity index (χ1v) is 9.12. The first-order valence-electron chi connectivity index (χ1n) is 7.12. The summed E-state index contributed by atoms with van der Waals surface area (Å²) in [4.78, 5) is 2.99. The molecule has 1 N–H and O–H groups in total. The zero-order valence-electron chi connectivity index (χ0n) is 19.1. The van der Waals surface area contributed by atoms with E-state index in [1.54, 1.807) is 0 Å². The van der Waals surface area contributed by atoms with Crippen molar-refractivity contribution in [3.8, 4) is 0 Å². The predicted octanol–water partition coefficient (Wildman–Crippen LogP) is 8.32. The van der Waals surface area contributed by atoms with Gasteiger partial charge in [0.05, 0.1) is 0 Å². The molecule has 0 aliphatic heterocycles. The van der Waals surface area contributed by atoms with E-state index < -0.39 is 0 Å². The zero-order chi connectivity index (χ0) is 15.9. The summed E-state index contributed by atoms with van der Waals surface area (Å²) in [6.45, 7) is 10.6. The molecular formula is C23H40Cl2NSiZr-7. The largest absolute Gasteiger partial charge is 0.477 e. The second kappa shape index (κ2) is 37.6. The van der Waals surface area contributed by atoms with Crippen LogP contribution < -0.4 is 0 Å². The Hall–Kier alpha value is -0.0800. The van der Waals surface area contributed by atoms with Gasteiger partial charge in [0.15, 0.2) is 0 Å². The fourth-order valence-corrected chi connectivity index (χ4v) is 1.27. The number of rotatable bonds is 0. The van der Waals surface area contributed by atoms with Gasteiger partial charge in [-0.25, -0.2) is 12.2 Å². The molecule has 1 aliphatic rings. The molecule has 1 aromatic heterocycles. The van der Waals surface area contributed by atoms with Gasteiger partial charge in [-0.05, 0) is 0 Å². The van der Waals surface area contributed by atoms with Crippen molar-refractivity contribution in [1.29, 1.82) is 0 Å². The van der Waals surface area contributed by atoms with Gasteiger partial charge in [0, 0.05) is 35.7 Å². The number of nitrogens with one attached hydrogen (secondary N) is 1. The van der Waals surface area contributed by atoms with E-state index in [-0.39, 0.29) is 80.7 Å². The summed E-state index contributed by atoms with van der Waals surface area (Å²) < 4.78 is 0. The molecule has 2 aromatic rings. The number of fused-ring (bicyclic) bond motifs is 1. The number of aromatic amines is 1. The summed E-state index contributed by atoms with van der Waals surface area (Å²) in [5.41, 5.74) is 1.15. The van der Waals surface area contributed by atoms with Crippen LogP contribution in [0.5, 0.6) is 0 Å². The number of para-hydroxylation sites is 1. The Labute approximate surface area is 212 Å². The fraction of sp³-hybridized carbons (Fsp3) is 0.261. The molecule has 0 spiro atoms. The minimum Gasteiger partial charge on any atom is -0.477 e. The Morgan fingerprint density at radius 1 is 0.964 bits per heavy atom. The van der Waals surface area contributed by atoms with Crippen LogP contribution in [0.1, 0.15) is 27.2 Å². The van der Waals surface area contributed by atoms with E-state index in [2.05, 4.69) is 63.3 Å². The Morgan fingerprint density at radius 3 is 1.75 bits per heavy atom. The molecule has 3 rings (SSSR count). The number of hydrogen-bond donors (Lipinski definition) is 1. The summed E-state index contributed by atoms with van der Waals surface area (Å²) >= 11 is 0. The zero-order valence-corrected chi connectivity index (χ0v) is 24.2. The maximum Gasteiger partial charge on any atom is 0.0307 e. The van der Waals surface area contributed by atoms with Crippen LogP contribution >= 0.6 is 24.8 Å². The maximum atomic E-state index is 2.99. The third-order valence-corrected chi connectivity index (χ3v) is 1.98. The number of aromatic nitrogens is 1. The Morgan fingerprint density at radius 2 is 1.43 bits per heavy atom. The van der Waals surface area contributed by atoms with E-state index in [1.807, 2.05) is 36.4 Å². The fourth-order valence-electron chi connectivity index (χ4n) is 1.27. The molecule has 0 saturated carbocycles. The standard InChI is InChI=1S/C8H6N.C5H5.C4H9.C2H6Si.4CH3.2ClH.Zr/c1-2-4-8-7(3-1)5-6-9-8;1-2-4-5-3-1;1-4(2)3;1-3-2;;;;;;;/h1-5,9H;1-3H,4H2;1-3H3;1-2H3;4*1H3;2*1H;/q3*-1;;4*-1;;;. The molecule has 0 amide bonds. The second-order valence-electron chi connectivity index (χ2n) is 5.00. The normalized spacial score (nSPS) is 8.36. The second-order valence-corrected chi connectivity index (χ2v) is 6.00. The van der Waals surface area contributed by atoms with Crippen molar-refractivity contribution >= 4 is 45.2 Å². The third kappa shape index (κ3) is 33.5. The topological polar surface area (TPSA) is 15.8 Å². The van der Waals surface area contributed by atoms with Crippen molar-refractivity contribution in [2.24, 2.45) is 0 Å². The van der Waals surface area contributed by atoms with Gasteiger partial charge < -0.3 is 40.6 Å². The van der Waals surface area contributed by atoms with Gasteiger partial charge in [0.2, 0.25) is 0 Å². The SMILES string of the molecule is C[C-](C)C.C[Si]C.Cl.Cl.[C-]1=CC=CC1.[CH3-].[CH3-].[CH3-].[CH3-].[Zr].[c-]1cc2ccccc2[nH]1. The average Bonchev–Trinajstić information content (AvgIpc) is 3.14. The van der Waals surface area contributed by atoms with Crippen LogP contribution in [0.15, 0.2) is 48.6 Å². The van der Waals surface area contributed by atoms with E-state index in [0.29, 0.717) is 0 Å². The number of H-pyrrole nitrogens is 1. The van der Waals surface area contributed by atoms with Gasteiger partial charge in [-0.15, -0.1) is 55.1 Å². The molecule has 166 valence electrons. The first kappa shape index (κ1) is 51.0. The summed E-state index contributed by atoms with van der Waals surface area (Å²) in [6, 6.07) is 10.1. The van der Waals surface area contributed by atoms with E-state index in [9.17, 15) is 0 Å². The molecule has 5 heteroatoms. The maximum absolute atomic E-state index is 2.99. The Balaban J connectivity index is -0.0000000316. The van der Waals surface area contributed by atoms with Crippen LogP contribution in [0, 0.1) is 47.9 Å². The van der Waals surface area contributed by atoms with Crippen molar-refractivity contribution in [3.63, 3.8) is 0 Å². The van der Waals surface area contributed by atoms with Gasteiger partial charge in [0.1, 0.15) is 0 Å². The third-order valence-electron chi connectivity index (χ3n) is 1.98. The van der Waals surface area contributed by atoms with Gasteiger partial charge in [-0.1, -0.05) is 25.2 Å². The van der Waals surface area contributed by atoms with Crippen LogP contribution in [-0.4, -0.2) is 14.5 Å². The molecule has 0 fully saturated rings. The van der Waals surface area contributed by atoms with Crippen molar-refractivity contribution in [2.45, 2.75) is 40.3 Å².